The molecule has 206 valence electrons. The molecule has 0 saturated carbocycles. The number of phenolic OH excluding ortho intramolecular Hbond substituents is 1. The normalized spacial score (nSPS) is 12.2. The lowest BCUT2D eigenvalue weighted by Gasteiger charge is -2.28. The summed E-state index contributed by atoms with van der Waals surface area (Å²) >= 11 is 0. The van der Waals surface area contributed by atoms with E-state index in [9.17, 15) is 9.90 Å². The summed E-state index contributed by atoms with van der Waals surface area (Å²) in [6.45, 7) is 15.4. The summed E-state index contributed by atoms with van der Waals surface area (Å²) in [5.74, 6) is 0.965. The van der Waals surface area contributed by atoms with E-state index in [0.29, 0.717) is 18.7 Å². The van der Waals surface area contributed by atoms with Gasteiger partial charge in [0, 0.05) is 22.3 Å². The number of benzene rings is 3. The second-order valence-electron chi connectivity index (χ2n) is 12.3. The van der Waals surface area contributed by atoms with Crippen molar-refractivity contribution in [2.45, 2.75) is 78.8 Å². The first kappa shape index (κ1) is 28.2. The number of ketones is 1. The summed E-state index contributed by atoms with van der Waals surface area (Å²) in [4.78, 5) is 13.8. The number of carbonyl (C=O) groups excluding carboxylic acids is 1. The van der Waals surface area contributed by atoms with Gasteiger partial charge in [-0.15, -0.1) is 0 Å². The van der Waals surface area contributed by atoms with Gasteiger partial charge in [0.1, 0.15) is 11.5 Å². The number of aromatic nitrogens is 2. The average Bonchev–Trinajstić information content (AvgIpc) is 3.12. The highest BCUT2D eigenvalue weighted by Gasteiger charge is 2.28. The highest BCUT2D eigenvalue weighted by atomic mass is 16.5. The third kappa shape index (κ3) is 5.80. The van der Waals surface area contributed by atoms with Crippen molar-refractivity contribution in [2.24, 2.45) is 0 Å². The van der Waals surface area contributed by atoms with Gasteiger partial charge in [0.2, 0.25) is 5.62 Å². The number of carbonyl (C=O) groups is 1. The van der Waals surface area contributed by atoms with Gasteiger partial charge in [0.15, 0.2) is 5.78 Å². The highest BCUT2D eigenvalue weighted by molar-refractivity contribution is 5.97. The topological polar surface area (TPSA) is 80.2 Å². The molecule has 0 saturated heterocycles. The molecular weight excluding hydrogens is 486 g/mol. The zero-order chi connectivity index (χ0) is 28.5. The summed E-state index contributed by atoms with van der Waals surface area (Å²) in [6.07, 6.45) is 0.914. The number of nitrogens with one attached hydrogen (secondary N) is 1. The zero-order valence-corrected chi connectivity index (χ0v) is 24.3. The third-order valence-corrected chi connectivity index (χ3v) is 7.09. The molecule has 0 bridgehead atoms. The average molecular weight is 528 g/mol. The van der Waals surface area contributed by atoms with E-state index in [1.165, 1.54) is 0 Å². The minimum atomic E-state index is -0.336. The molecule has 0 aliphatic heterocycles. The van der Waals surface area contributed by atoms with Crippen molar-refractivity contribution >= 4 is 16.8 Å². The first-order valence-electron chi connectivity index (χ1n) is 13.7. The maximum atomic E-state index is 13.8. The number of aromatic hydroxyl groups is 1. The lowest BCUT2D eigenvalue weighted by Crippen LogP contribution is -2.28. The van der Waals surface area contributed by atoms with Crippen LogP contribution in [-0.4, -0.2) is 26.6 Å². The number of imidazole rings is 1. The van der Waals surface area contributed by atoms with Crippen LogP contribution in [0.5, 0.6) is 11.5 Å². The fraction of sp³-hybridized carbons (Fsp3) is 0.394. The fourth-order valence-electron chi connectivity index (χ4n) is 4.95. The number of phenols is 1. The van der Waals surface area contributed by atoms with Crippen LogP contribution in [-0.2, 0) is 23.9 Å². The Morgan fingerprint density at radius 3 is 1.97 bits per heavy atom. The van der Waals surface area contributed by atoms with Crippen LogP contribution in [0.3, 0.4) is 0 Å². The monoisotopic (exact) mass is 527 g/mol. The standard InChI is InChI=1S/C33H41N3O3/c1-8-17-39-29-16-12-9-13-22(29)20-35-26-14-10-11-15-27(26)36(31(35)34)21-28(37)23-18-24(32(2,3)4)30(38)25(19-23)33(5,6)7/h9-16,18-19,34,38H,8,17,20-21H2,1-7H3. The molecule has 4 rings (SSSR count). The van der Waals surface area contributed by atoms with E-state index in [4.69, 9.17) is 10.1 Å². The van der Waals surface area contributed by atoms with Gasteiger partial charge in [-0.25, -0.2) is 0 Å². The van der Waals surface area contributed by atoms with E-state index in [1.807, 2.05) is 107 Å². The van der Waals surface area contributed by atoms with Crippen molar-refractivity contribution in [3.8, 4) is 11.5 Å². The zero-order valence-electron chi connectivity index (χ0n) is 24.3. The molecule has 0 aliphatic carbocycles. The molecule has 6 heteroatoms. The van der Waals surface area contributed by atoms with E-state index >= 15 is 0 Å². The predicted molar refractivity (Wildman–Crippen MR) is 157 cm³/mol. The second kappa shape index (κ2) is 10.8. The summed E-state index contributed by atoms with van der Waals surface area (Å²) in [7, 11) is 0. The van der Waals surface area contributed by atoms with Crippen molar-refractivity contribution in [3.05, 3.63) is 88.5 Å². The summed E-state index contributed by atoms with van der Waals surface area (Å²) in [5.41, 5.74) is 4.33. The Kier molecular flexibility index (Phi) is 7.78. The van der Waals surface area contributed by atoms with Crippen molar-refractivity contribution in [2.75, 3.05) is 6.61 Å². The number of hydrogen-bond acceptors (Lipinski definition) is 4. The van der Waals surface area contributed by atoms with Crippen molar-refractivity contribution in [3.63, 3.8) is 0 Å². The molecule has 1 aromatic heterocycles. The largest absolute Gasteiger partial charge is 0.507 e. The van der Waals surface area contributed by atoms with Crippen molar-refractivity contribution in [1.29, 1.82) is 5.41 Å². The van der Waals surface area contributed by atoms with Gasteiger partial charge in [-0.3, -0.25) is 10.2 Å². The van der Waals surface area contributed by atoms with Crippen molar-refractivity contribution in [1.82, 2.24) is 9.13 Å². The molecule has 6 nitrogen and oxygen atoms in total. The van der Waals surface area contributed by atoms with Gasteiger partial charge in [0.25, 0.3) is 0 Å². The van der Waals surface area contributed by atoms with Crippen molar-refractivity contribution < 1.29 is 14.6 Å². The lowest BCUT2D eigenvalue weighted by atomic mass is 9.78. The molecule has 0 unspecified atom stereocenters. The van der Waals surface area contributed by atoms with Gasteiger partial charge in [0.05, 0.1) is 30.7 Å². The SMILES string of the molecule is CCCOc1ccccc1Cn1c(=N)n(CC(=O)c2cc(C(C)(C)C)c(O)c(C(C)(C)C)c2)c2ccccc21. The second-order valence-corrected chi connectivity index (χ2v) is 12.3. The summed E-state index contributed by atoms with van der Waals surface area (Å²) in [6, 6.07) is 19.4. The predicted octanol–water partition coefficient (Wildman–Crippen LogP) is 6.94. The molecule has 0 amide bonds. The minimum Gasteiger partial charge on any atom is -0.507 e. The molecule has 3 aromatic carbocycles. The lowest BCUT2D eigenvalue weighted by molar-refractivity contribution is 0.0971. The van der Waals surface area contributed by atoms with Crippen LogP contribution in [0.1, 0.15) is 81.9 Å². The number of hydrogen-bond donors (Lipinski definition) is 2. The Morgan fingerprint density at radius 2 is 1.41 bits per heavy atom. The molecular formula is C33H41N3O3. The van der Waals surface area contributed by atoms with E-state index in [1.54, 1.807) is 4.57 Å². The van der Waals surface area contributed by atoms with Gasteiger partial charge >= 0.3 is 0 Å². The third-order valence-electron chi connectivity index (χ3n) is 7.09. The first-order chi connectivity index (χ1) is 18.3. The molecule has 0 spiro atoms. The van der Waals surface area contributed by atoms with E-state index < -0.39 is 0 Å². The first-order valence-corrected chi connectivity index (χ1v) is 13.7. The van der Waals surface area contributed by atoms with E-state index in [-0.39, 0.29) is 34.5 Å². The molecule has 0 fully saturated rings. The molecule has 4 aromatic rings. The molecule has 0 aliphatic rings. The minimum absolute atomic E-state index is 0.0261. The number of Topliss-reactive ketones (excluding diaryl/α,β-unsaturated/α-hetero) is 1. The Balaban J connectivity index is 1.78. The summed E-state index contributed by atoms with van der Waals surface area (Å²) < 4.78 is 9.67. The van der Waals surface area contributed by atoms with Crippen LogP contribution in [0.4, 0.5) is 0 Å². The van der Waals surface area contributed by atoms with Crippen LogP contribution in [0, 0.1) is 5.41 Å². The Bertz CT molecular complexity index is 1530. The molecule has 2 N–H and O–H groups in total. The quantitative estimate of drug-likeness (QED) is 0.244. The van der Waals surface area contributed by atoms with E-state index in [0.717, 1.165) is 39.9 Å². The Morgan fingerprint density at radius 1 is 0.872 bits per heavy atom. The molecule has 1 heterocycles. The number of fused-ring (bicyclic) bond motifs is 1. The fourth-order valence-corrected chi connectivity index (χ4v) is 4.95. The molecule has 39 heavy (non-hydrogen) atoms. The van der Waals surface area contributed by atoms with E-state index in [2.05, 4.69) is 6.92 Å². The Hall–Kier alpha value is -3.80. The number of nitrogens with zero attached hydrogens (tertiary/aromatic N) is 2. The van der Waals surface area contributed by atoms with Crippen LogP contribution in [0.25, 0.3) is 11.0 Å². The highest BCUT2D eigenvalue weighted by Crippen LogP contribution is 2.40. The van der Waals surface area contributed by atoms with Gasteiger partial charge in [-0.1, -0.05) is 78.8 Å². The number of rotatable bonds is 8. The summed E-state index contributed by atoms with van der Waals surface area (Å²) in [5, 5.41) is 20.2. The van der Waals surface area contributed by atoms with Gasteiger partial charge < -0.3 is 19.0 Å². The maximum Gasteiger partial charge on any atom is 0.203 e. The maximum absolute atomic E-state index is 13.8. The van der Waals surface area contributed by atoms with Crippen LogP contribution < -0.4 is 10.4 Å². The number of para-hydroxylation sites is 3. The Labute approximate surface area is 231 Å². The van der Waals surface area contributed by atoms with Gasteiger partial charge in [-0.2, -0.15) is 0 Å². The number of ether oxygens (including phenoxy) is 1. The van der Waals surface area contributed by atoms with Crippen LogP contribution >= 0.6 is 0 Å². The van der Waals surface area contributed by atoms with Crippen LogP contribution in [0.15, 0.2) is 60.7 Å². The molecule has 0 radical (unpaired) electrons. The molecule has 0 atom stereocenters. The van der Waals surface area contributed by atoms with Crippen LogP contribution in [0.2, 0.25) is 0 Å². The smallest absolute Gasteiger partial charge is 0.203 e. The van der Waals surface area contributed by atoms with Gasteiger partial charge in [-0.05, 0) is 47.6 Å².